The van der Waals surface area contributed by atoms with Crippen LogP contribution in [0.15, 0.2) is 0 Å². The average molecular weight is 196 g/mol. The van der Waals surface area contributed by atoms with Gasteiger partial charge in [0.2, 0.25) is 0 Å². The van der Waals surface area contributed by atoms with E-state index in [0.717, 1.165) is 12.0 Å². The first-order valence-corrected chi connectivity index (χ1v) is 5.99. The Morgan fingerprint density at radius 3 is 2.71 bits per heavy atom. The quantitative estimate of drug-likeness (QED) is 0.687. The summed E-state index contributed by atoms with van der Waals surface area (Å²) in [5, 5.41) is 3.53. The molecule has 0 amide bonds. The predicted octanol–water partition coefficient (Wildman–Crippen LogP) is 1.72. The molecule has 2 rings (SSSR count). The summed E-state index contributed by atoms with van der Waals surface area (Å²) in [6.07, 6.45) is 4.27. The molecule has 1 saturated heterocycles. The van der Waals surface area contributed by atoms with E-state index in [2.05, 4.69) is 31.1 Å². The summed E-state index contributed by atoms with van der Waals surface area (Å²) in [7, 11) is 2.29. The number of rotatable bonds is 1. The Hall–Kier alpha value is -0.0800. The van der Waals surface area contributed by atoms with Crippen LogP contribution in [0.5, 0.6) is 0 Å². The summed E-state index contributed by atoms with van der Waals surface area (Å²) in [4.78, 5) is 2.56. The molecule has 0 aromatic rings. The van der Waals surface area contributed by atoms with Crippen molar-refractivity contribution in [3.63, 3.8) is 0 Å². The molecule has 1 aliphatic carbocycles. The van der Waals surface area contributed by atoms with Crippen LogP contribution >= 0.6 is 0 Å². The normalized spacial score (nSPS) is 38.8. The lowest BCUT2D eigenvalue weighted by Crippen LogP contribution is -2.52. The number of nitrogens with zero attached hydrogens (tertiary/aromatic N) is 1. The molecule has 82 valence electrons. The smallest absolute Gasteiger partial charge is 0.0246 e. The topological polar surface area (TPSA) is 15.3 Å². The lowest BCUT2D eigenvalue weighted by molar-refractivity contribution is 0.138. The first kappa shape index (κ1) is 10.4. The molecule has 2 atom stereocenters. The van der Waals surface area contributed by atoms with E-state index in [9.17, 15) is 0 Å². The van der Waals surface area contributed by atoms with Crippen LogP contribution < -0.4 is 5.32 Å². The third kappa shape index (κ3) is 2.12. The van der Waals surface area contributed by atoms with Gasteiger partial charge >= 0.3 is 0 Å². The molecular weight excluding hydrogens is 172 g/mol. The molecule has 2 heteroatoms. The van der Waals surface area contributed by atoms with Crippen molar-refractivity contribution >= 4 is 0 Å². The Balaban J connectivity index is 1.95. The van der Waals surface area contributed by atoms with Gasteiger partial charge in [0, 0.05) is 25.7 Å². The minimum Gasteiger partial charge on any atom is -0.314 e. The number of hydrogen-bond donors (Lipinski definition) is 1. The number of piperazine rings is 1. The highest BCUT2D eigenvalue weighted by atomic mass is 15.2. The molecule has 0 bridgehead atoms. The highest BCUT2D eigenvalue weighted by Gasteiger charge is 2.37. The maximum absolute atomic E-state index is 3.53. The zero-order valence-corrected chi connectivity index (χ0v) is 9.84. The predicted molar refractivity (Wildman–Crippen MR) is 60.4 cm³/mol. The third-order valence-electron chi connectivity index (χ3n) is 4.11. The van der Waals surface area contributed by atoms with Gasteiger partial charge in [-0.05, 0) is 37.6 Å². The largest absolute Gasteiger partial charge is 0.314 e. The zero-order chi connectivity index (χ0) is 10.2. The second-order valence-electron chi connectivity index (χ2n) is 5.92. The van der Waals surface area contributed by atoms with Crippen LogP contribution in [-0.4, -0.2) is 37.6 Å². The maximum atomic E-state index is 3.53. The zero-order valence-electron chi connectivity index (χ0n) is 9.84. The summed E-state index contributed by atoms with van der Waals surface area (Å²) < 4.78 is 0. The Morgan fingerprint density at radius 1 is 1.36 bits per heavy atom. The molecule has 2 nitrogen and oxygen atoms in total. The standard InChI is InChI=1S/C12H24N2/c1-12(2)5-4-10(8-12)11-9-13-6-7-14(11)3/h10-11,13H,4-9H2,1-3H3. The summed E-state index contributed by atoms with van der Waals surface area (Å²) >= 11 is 0. The monoisotopic (exact) mass is 196 g/mol. The summed E-state index contributed by atoms with van der Waals surface area (Å²) in [6, 6.07) is 0.797. The van der Waals surface area contributed by atoms with E-state index in [4.69, 9.17) is 0 Å². The van der Waals surface area contributed by atoms with E-state index in [1.807, 2.05) is 0 Å². The molecule has 0 aromatic carbocycles. The SMILES string of the molecule is CN1CCNCC1C1CCC(C)(C)C1. The van der Waals surface area contributed by atoms with Crippen molar-refractivity contribution < 1.29 is 0 Å². The Morgan fingerprint density at radius 2 is 2.14 bits per heavy atom. The van der Waals surface area contributed by atoms with Gasteiger partial charge in [-0.2, -0.15) is 0 Å². The molecule has 2 unspecified atom stereocenters. The van der Waals surface area contributed by atoms with Crippen LogP contribution in [0.3, 0.4) is 0 Å². The van der Waals surface area contributed by atoms with Crippen LogP contribution in [-0.2, 0) is 0 Å². The molecule has 2 fully saturated rings. The molecule has 1 N–H and O–H groups in total. The Bertz CT molecular complexity index is 200. The minimum atomic E-state index is 0.600. The maximum Gasteiger partial charge on any atom is 0.0246 e. The van der Waals surface area contributed by atoms with Crippen molar-refractivity contribution in [1.82, 2.24) is 10.2 Å². The number of hydrogen-bond acceptors (Lipinski definition) is 2. The van der Waals surface area contributed by atoms with Crippen LogP contribution in [0, 0.1) is 11.3 Å². The fourth-order valence-electron chi connectivity index (χ4n) is 3.17. The van der Waals surface area contributed by atoms with Gasteiger partial charge in [0.1, 0.15) is 0 Å². The highest BCUT2D eigenvalue weighted by molar-refractivity contribution is 4.91. The minimum absolute atomic E-state index is 0.600. The third-order valence-corrected chi connectivity index (χ3v) is 4.11. The van der Waals surface area contributed by atoms with E-state index in [1.165, 1.54) is 38.9 Å². The molecular formula is C12H24N2. The Kier molecular flexibility index (Phi) is 2.85. The molecule has 0 aromatic heterocycles. The van der Waals surface area contributed by atoms with Crippen LogP contribution in [0.4, 0.5) is 0 Å². The van der Waals surface area contributed by atoms with Crippen LogP contribution in [0.2, 0.25) is 0 Å². The first-order valence-electron chi connectivity index (χ1n) is 5.99. The van der Waals surface area contributed by atoms with Gasteiger partial charge in [-0.3, -0.25) is 0 Å². The lowest BCUT2D eigenvalue weighted by atomic mass is 9.88. The second-order valence-corrected chi connectivity index (χ2v) is 5.92. The van der Waals surface area contributed by atoms with Gasteiger partial charge in [0.15, 0.2) is 0 Å². The van der Waals surface area contributed by atoms with Gasteiger partial charge in [-0.1, -0.05) is 13.8 Å². The molecule has 0 spiro atoms. The second kappa shape index (κ2) is 3.82. The van der Waals surface area contributed by atoms with Crippen molar-refractivity contribution in [2.45, 2.75) is 39.2 Å². The fraction of sp³-hybridized carbons (Fsp3) is 1.00. The fourth-order valence-corrected chi connectivity index (χ4v) is 3.17. The molecule has 14 heavy (non-hydrogen) atoms. The van der Waals surface area contributed by atoms with Crippen LogP contribution in [0.1, 0.15) is 33.1 Å². The van der Waals surface area contributed by atoms with E-state index in [-0.39, 0.29) is 0 Å². The molecule has 1 saturated carbocycles. The van der Waals surface area contributed by atoms with Crippen molar-refractivity contribution in [2.75, 3.05) is 26.7 Å². The molecule has 2 aliphatic rings. The van der Waals surface area contributed by atoms with Gasteiger partial charge < -0.3 is 10.2 Å². The van der Waals surface area contributed by atoms with Gasteiger partial charge in [0.05, 0.1) is 0 Å². The molecule has 1 heterocycles. The number of likely N-dealkylation sites (N-methyl/N-ethyl adjacent to an activating group) is 1. The Labute approximate surface area is 88.1 Å². The van der Waals surface area contributed by atoms with Crippen molar-refractivity contribution in [2.24, 2.45) is 11.3 Å². The highest BCUT2D eigenvalue weighted by Crippen LogP contribution is 2.43. The van der Waals surface area contributed by atoms with E-state index in [0.29, 0.717) is 5.41 Å². The van der Waals surface area contributed by atoms with Gasteiger partial charge in [-0.15, -0.1) is 0 Å². The summed E-state index contributed by atoms with van der Waals surface area (Å²) in [5.74, 6) is 0.933. The van der Waals surface area contributed by atoms with E-state index >= 15 is 0 Å². The van der Waals surface area contributed by atoms with E-state index < -0.39 is 0 Å². The summed E-state index contributed by atoms with van der Waals surface area (Å²) in [6.45, 7) is 8.44. The van der Waals surface area contributed by atoms with Gasteiger partial charge in [-0.25, -0.2) is 0 Å². The van der Waals surface area contributed by atoms with Crippen molar-refractivity contribution in [3.8, 4) is 0 Å². The average Bonchev–Trinajstić information content (AvgIpc) is 2.47. The molecule has 0 radical (unpaired) electrons. The van der Waals surface area contributed by atoms with Crippen molar-refractivity contribution in [1.29, 1.82) is 0 Å². The number of nitrogens with one attached hydrogen (secondary N) is 1. The van der Waals surface area contributed by atoms with Crippen molar-refractivity contribution in [3.05, 3.63) is 0 Å². The van der Waals surface area contributed by atoms with E-state index in [1.54, 1.807) is 0 Å². The molecule has 1 aliphatic heterocycles. The first-order chi connectivity index (χ1) is 6.58. The summed E-state index contributed by atoms with van der Waals surface area (Å²) in [5.41, 5.74) is 0.600. The van der Waals surface area contributed by atoms with Crippen LogP contribution in [0.25, 0.3) is 0 Å². The lowest BCUT2D eigenvalue weighted by Gasteiger charge is -2.37. The van der Waals surface area contributed by atoms with Gasteiger partial charge in [0.25, 0.3) is 0 Å².